The number of thiophene rings is 1. The second kappa shape index (κ2) is 11.7. The van der Waals surface area contributed by atoms with Crippen LogP contribution in [0.2, 0.25) is 0 Å². The van der Waals surface area contributed by atoms with Gasteiger partial charge in [0.1, 0.15) is 0 Å². The van der Waals surface area contributed by atoms with Crippen LogP contribution in [0.4, 0.5) is 0 Å². The van der Waals surface area contributed by atoms with Crippen molar-refractivity contribution in [3.05, 3.63) is 182 Å². The van der Waals surface area contributed by atoms with Crippen molar-refractivity contribution < 1.29 is 0 Å². The van der Waals surface area contributed by atoms with Crippen LogP contribution in [-0.4, -0.2) is 9.13 Å². The standard InChI is InChI=1S/C48H30N2S2/c1-2-12-33(13-3-1)49-43-18-7-4-15-37(43)40-29-35(22-24-45(40)49)51-36-23-25-46-41(30-36)38-16-5-8-19-44(38)50(46)34-14-10-11-31(27-34)32-21-26-48-42(28-32)39-17-6-9-20-47(39)52-48/h1-30H. The van der Waals surface area contributed by atoms with E-state index < -0.39 is 0 Å². The van der Waals surface area contributed by atoms with E-state index in [1.807, 2.05) is 23.1 Å². The maximum absolute atomic E-state index is 2.42. The molecule has 0 amide bonds. The zero-order valence-corrected chi connectivity index (χ0v) is 29.7. The molecule has 0 unspecified atom stereocenters. The van der Waals surface area contributed by atoms with Crippen LogP contribution in [0.5, 0.6) is 0 Å². The van der Waals surface area contributed by atoms with Gasteiger partial charge in [-0.25, -0.2) is 0 Å². The highest BCUT2D eigenvalue weighted by Gasteiger charge is 2.16. The molecular weight excluding hydrogens is 669 g/mol. The van der Waals surface area contributed by atoms with Crippen molar-refractivity contribution in [1.29, 1.82) is 0 Å². The summed E-state index contributed by atoms with van der Waals surface area (Å²) in [7, 11) is 0. The molecule has 0 atom stereocenters. The van der Waals surface area contributed by atoms with Gasteiger partial charge in [0.25, 0.3) is 0 Å². The summed E-state index contributed by atoms with van der Waals surface area (Å²) in [5, 5.41) is 7.72. The summed E-state index contributed by atoms with van der Waals surface area (Å²) in [6.07, 6.45) is 0. The normalized spacial score (nSPS) is 11.9. The highest BCUT2D eigenvalue weighted by atomic mass is 32.2. The molecule has 8 aromatic carbocycles. The van der Waals surface area contributed by atoms with Crippen LogP contribution in [0.15, 0.2) is 192 Å². The van der Waals surface area contributed by atoms with Gasteiger partial charge in [-0.05, 0) is 102 Å². The third-order valence-corrected chi connectivity index (χ3v) is 12.5. The van der Waals surface area contributed by atoms with Gasteiger partial charge in [0, 0.05) is 62.9 Å². The molecular formula is C48H30N2S2. The summed E-state index contributed by atoms with van der Waals surface area (Å²) in [6.45, 7) is 0. The highest BCUT2D eigenvalue weighted by Crippen LogP contribution is 2.41. The number of benzene rings is 8. The second-order valence-electron chi connectivity index (χ2n) is 13.4. The van der Waals surface area contributed by atoms with Gasteiger partial charge in [0.15, 0.2) is 0 Å². The Labute approximate surface area is 308 Å². The Morgan fingerprint density at radius 2 is 0.865 bits per heavy atom. The minimum absolute atomic E-state index is 1.17. The summed E-state index contributed by atoms with van der Waals surface area (Å²) in [4.78, 5) is 2.46. The predicted octanol–water partition coefficient (Wildman–Crippen LogP) is 14.1. The van der Waals surface area contributed by atoms with Crippen LogP contribution in [0.3, 0.4) is 0 Å². The quantitative estimate of drug-likeness (QED) is 0.174. The molecule has 2 nitrogen and oxygen atoms in total. The van der Waals surface area contributed by atoms with Crippen LogP contribution in [0, 0.1) is 0 Å². The fourth-order valence-corrected chi connectivity index (χ4v) is 10.0. The molecule has 0 aliphatic rings. The molecule has 244 valence electrons. The molecule has 3 aromatic heterocycles. The lowest BCUT2D eigenvalue weighted by atomic mass is 10.0. The largest absolute Gasteiger partial charge is 0.309 e. The minimum atomic E-state index is 1.17. The fourth-order valence-electron chi connectivity index (χ4n) is 8.03. The van der Waals surface area contributed by atoms with Gasteiger partial charge < -0.3 is 9.13 Å². The Kier molecular flexibility index (Phi) is 6.69. The van der Waals surface area contributed by atoms with E-state index in [0.29, 0.717) is 0 Å². The Balaban J connectivity index is 0.998. The van der Waals surface area contributed by atoms with E-state index in [2.05, 4.69) is 191 Å². The Bertz CT molecular complexity index is 3160. The first-order chi connectivity index (χ1) is 25.8. The van der Waals surface area contributed by atoms with Gasteiger partial charge in [-0.1, -0.05) is 103 Å². The SMILES string of the molecule is c1ccc(-n2c3ccccc3c3cc(Sc4ccc5c(c4)c4ccccc4n5-c4cccc(-c5ccc6sc7ccccc7c6c5)c4)ccc32)cc1. The average Bonchev–Trinajstić information content (AvgIpc) is 3.85. The topological polar surface area (TPSA) is 9.86 Å². The van der Waals surface area contributed by atoms with E-state index in [0.717, 1.165) is 0 Å². The lowest BCUT2D eigenvalue weighted by Gasteiger charge is -2.11. The predicted molar refractivity (Wildman–Crippen MR) is 224 cm³/mol. The van der Waals surface area contributed by atoms with Crippen LogP contribution < -0.4 is 0 Å². The van der Waals surface area contributed by atoms with Crippen molar-refractivity contribution in [3.8, 4) is 22.5 Å². The average molecular weight is 699 g/mol. The minimum Gasteiger partial charge on any atom is -0.309 e. The smallest absolute Gasteiger partial charge is 0.0541 e. The number of rotatable bonds is 5. The molecule has 3 heterocycles. The molecule has 0 aliphatic carbocycles. The van der Waals surface area contributed by atoms with Gasteiger partial charge in [0.05, 0.1) is 22.1 Å². The van der Waals surface area contributed by atoms with Crippen LogP contribution >= 0.6 is 23.1 Å². The van der Waals surface area contributed by atoms with Gasteiger partial charge in [-0.15, -0.1) is 11.3 Å². The van der Waals surface area contributed by atoms with Crippen LogP contribution in [0.25, 0.3) is 86.3 Å². The van der Waals surface area contributed by atoms with E-state index in [1.54, 1.807) is 0 Å². The molecule has 0 radical (unpaired) electrons. The number of aromatic nitrogens is 2. The van der Waals surface area contributed by atoms with Crippen LogP contribution in [0.1, 0.15) is 0 Å². The molecule has 0 bridgehead atoms. The number of para-hydroxylation sites is 3. The van der Waals surface area contributed by atoms with Crippen molar-refractivity contribution in [2.24, 2.45) is 0 Å². The van der Waals surface area contributed by atoms with Gasteiger partial charge in [0.2, 0.25) is 0 Å². The van der Waals surface area contributed by atoms with Crippen molar-refractivity contribution >= 4 is 86.9 Å². The molecule has 0 fully saturated rings. The van der Waals surface area contributed by atoms with Gasteiger partial charge in [-0.3, -0.25) is 0 Å². The number of nitrogens with zero attached hydrogens (tertiary/aromatic N) is 2. The van der Waals surface area contributed by atoms with E-state index >= 15 is 0 Å². The Hall–Kier alpha value is -6.07. The summed E-state index contributed by atoms with van der Waals surface area (Å²) >= 11 is 3.69. The number of hydrogen-bond acceptors (Lipinski definition) is 2. The number of fused-ring (bicyclic) bond motifs is 9. The lowest BCUT2D eigenvalue weighted by molar-refractivity contribution is 1.18. The zero-order valence-electron chi connectivity index (χ0n) is 28.0. The third-order valence-electron chi connectivity index (χ3n) is 10.4. The van der Waals surface area contributed by atoms with Gasteiger partial charge >= 0.3 is 0 Å². The first kappa shape index (κ1) is 29.6. The maximum atomic E-state index is 2.42. The number of hydrogen-bond donors (Lipinski definition) is 0. The summed E-state index contributed by atoms with van der Waals surface area (Å²) in [5.74, 6) is 0. The Morgan fingerprint density at radius 1 is 0.327 bits per heavy atom. The Morgan fingerprint density at radius 3 is 1.58 bits per heavy atom. The molecule has 52 heavy (non-hydrogen) atoms. The summed E-state index contributed by atoms with van der Waals surface area (Å²) in [5.41, 5.74) is 9.68. The van der Waals surface area contributed by atoms with E-state index in [9.17, 15) is 0 Å². The van der Waals surface area contributed by atoms with Gasteiger partial charge in [-0.2, -0.15) is 0 Å². The maximum Gasteiger partial charge on any atom is 0.0541 e. The molecule has 0 saturated carbocycles. The highest BCUT2D eigenvalue weighted by molar-refractivity contribution is 7.99. The lowest BCUT2D eigenvalue weighted by Crippen LogP contribution is -1.94. The third kappa shape index (κ3) is 4.65. The van der Waals surface area contributed by atoms with Crippen molar-refractivity contribution in [1.82, 2.24) is 9.13 Å². The summed E-state index contributed by atoms with van der Waals surface area (Å²) < 4.78 is 7.46. The van der Waals surface area contributed by atoms with E-state index in [4.69, 9.17) is 0 Å². The van der Waals surface area contributed by atoms with Crippen molar-refractivity contribution in [3.63, 3.8) is 0 Å². The zero-order chi connectivity index (χ0) is 34.2. The molecule has 11 rings (SSSR count). The molecule has 0 N–H and O–H groups in total. The summed E-state index contributed by atoms with van der Waals surface area (Å²) in [6, 6.07) is 66.7. The van der Waals surface area contributed by atoms with Crippen LogP contribution in [-0.2, 0) is 0 Å². The molecule has 4 heteroatoms. The molecule has 0 aliphatic heterocycles. The van der Waals surface area contributed by atoms with Crippen molar-refractivity contribution in [2.75, 3.05) is 0 Å². The van der Waals surface area contributed by atoms with Crippen molar-refractivity contribution in [2.45, 2.75) is 9.79 Å². The second-order valence-corrected chi connectivity index (χ2v) is 15.6. The monoisotopic (exact) mass is 698 g/mol. The fraction of sp³-hybridized carbons (Fsp3) is 0. The van der Waals surface area contributed by atoms with E-state index in [1.165, 1.54) is 96.1 Å². The van der Waals surface area contributed by atoms with E-state index in [-0.39, 0.29) is 0 Å². The molecule has 0 spiro atoms. The first-order valence-corrected chi connectivity index (χ1v) is 19.2. The molecule has 11 aromatic rings. The molecule has 0 saturated heterocycles. The first-order valence-electron chi connectivity index (χ1n) is 17.6.